The third kappa shape index (κ3) is 5.38. The fourth-order valence-electron chi connectivity index (χ4n) is 3.61. The summed E-state index contributed by atoms with van der Waals surface area (Å²) >= 11 is 0. The average molecular weight is 472 g/mol. The van der Waals surface area contributed by atoms with Crippen molar-refractivity contribution in [2.45, 2.75) is 20.0 Å². The predicted molar refractivity (Wildman–Crippen MR) is 128 cm³/mol. The largest absolute Gasteiger partial charge is 0.618 e. The molecule has 0 spiro atoms. The fraction of sp³-hybridized carbons (Fsp3) is 0.185. The molecule has 1 heterocycles. The molecule has 3 aromatic carbocycles. The molecule has 4 aromatic rings. The van der Waals surface area contributed by atoms with E-state index in [4.69, 9.17) is 14.2 Å². The molecular formula is C27H24N2O6. The summed E-state index contributed by atoms with van der Waals surface area (Å²) in [5.74, 6) is 0.138. The minimum Gasteiger partial charge on any atom is -0.618 e. The van der Waals surface area contributed by atoms with E-state index < -0.39 is 11.8 Å². The Hall–Kier alpha value is -4.46. The molecule has 0 saturated heterocycles. The second-order valence-electron chi connectivity index (χ2n) is 7.67. The minimum atomic E-state index is -0.516. The van der Waals surface area contributed by atoms with Gasteiger partial charge in [-0.2, -0.15) is 4.73 Å². The molecule has 8 heteroatoms. The zero-order chi connectivity index (χ0) is 24.8. The van der Waals surface area contributed by atoms with Gasteiger partial charge in [0.25, 0.3) is 11.5 Å². The van der Waals surface area contributed by atoms with E-state index >= 15 is 0 Å². The molecule has 0 amide bonds. The van der Waals surface area contributed by atoms with E-state index in [1.165, 1.54) is 0 Å². The molecular weight excluding hydrogens is 448 g/mol. The monoisotopic (exact) mass is 472 g/mol. The number of nitrogens with zero attached hydrogens (tertiary/aromatic N) is 2. The van der Waals surface area contributed by atoms with E-state index in [0.717, 1.165) is 5.56 Å². The Morgan fingerprint density at radius 2 is 1.69 bits per heavy atom. The quantitative estimate of drug-likeness (QED) is 0.158. The van der Waals surface area contributed by atoms with E-state index in [-0.39, 0.29) is 29.9 Å². The van der Waals surface area contributed by atoms with Gasteiger partial charge in [-0.3, -0.25) is 9.59 Å². The molecule has 0 radical (unpaired) electrons. The van der Waals surface area contributed by atoms with Crippen LogP contribution in [0.15, 0.2) is 72.8 Å². The summed E-state index contributed by atoms with van der Waals surface area (Å²) in [5.41, 5.74) is 1.48. The first-order valence-corrected chi connectivity index (χ1v) is 11.1. The van der Waals surface area contributed by atoms with Crippen molar-refractivity contribution in [1.29, 1.82) is 0 Å². The first-order chi connectivity index (χ1) is 17.0. The van der Waals surface area contributed by atoms with Crippen molar-refractivity contribution in [1.82, 2.24) is 4.98 Å². The van der Waals surface area contributed by atoms with Crippen molar-refractivity contribution < 1.29 is 28.5 Å². The molecule has 8 nitrogen and oxygen atoms in total. The van der Waals surface area contributed by atoms with Crippen LogP contribution < -0.4 is 14.2 Å². The third-order valence-electron chi connectivity index (χ3n) is 5.34. The van der Waals surface area contributed by atoms with Gasteiger partial charge in [-0.25, -0.2) is 4.98 Å². The Kier molecular flexibility index (Phi) is 7.21. The Balaban J connectivity index is 1.66. The van der Waals surface area contributed by atoms with Gasteiger partial charge in [0.2, 0.25) is 5.52 Å². The van der Waals surface area contributed by atoms with E-state index in [1.807, 2.05) is 6.92 Å². The fourth-order valence-corrected chi connectivity index (χ4v) is 3.61. The van der Waals surface area contributed by atoms with Gasteiger partial charge in [-0.1, -0.05) is 42.5 Å². The Bertz CT molecular complexity index is 1350. The van der Waals surface area contributed by atoms with E-state index in [0.29, 0.717) is 33.9 Å². The van der Waals surface area contributed by atoms with Gasteiger partial charge in [0.1, 0.15) is 23.6 Å². The maximum atomic E-state index is 13.4. The van der Waals surface area contributed by atoms with Gasteiger partial charge in [0.05, 0.1) is 26.2 Å². The van der Waals surface area contributed by atoms with Crippen LogP contribution in [-0.2, 0) is 22.6 Å². The van der Waals surface area contributed by atoms with Gasteiger partial charge in [0, 0.05) is 5.56 Å². The number of fused-ring (bicyclic) bond motifs is 1. The molecule has 0 unspecified atom stereocenters. The number of ether oxygens (including phenoxy) is 3. The van der Waals surface area contributed by atoms with Crippen LogP contribution in [0, 0.1) is 5.21 Å². The topological polar surface area (TPSA) is 102 Å². The van der Waals surface area contributed by atoms with E-state index in [9.17, 15) is 14.8 Å². The van der Waals surface area contributed by atoms with Crippen LogP contribution in [0.4, 0.5) is 0 Å². The predicted octanol–water partition coefficient (Wildman–Crippen LogP) is 3.79. The lowest BCUT2D eigenvalue weighted by Crippen LogP contribution is -2.38. The molecule has 178 valence electrons. The standard InChI is InChI=1S/C27H24N2O6/c1-3-34-21-13-14-22-24(16-21)29(32)26(27(31)19-7-5-4-6-8-19)23(28-22)17-35-25(30)15-18-9-11-20(33-2)12-10-18/h4-14,16H,3,15,17H2,1-2H3. The highest BCUT2D eigenvalue weighted by molar-refractivity contribution is 6.07. The molecule has 0 saturated carbocycles. The van der Waals surface area contributed by atoms with Gasteiger partial charge in [-0.05, 0) is 36.8 Å². The number of benzene rings is 3. The van der Waals surface area contributed by atoms with Crippen LogP contribution >= 0.6 is 0 Å². The first kappa shape index (κ1) is 23.7. The van der Waals surface area contributed by atoms with Gasteiger partial charge in [-0.15, -0.1) is 0 Å². The van der Waals surface area contributed by atoms with E-state index in [1.54, 1.807) is 79.9 Å². The maximum Gasteiger partial charge on any atom is 0.310 e. The molecule has 1 aromatic heterocycles. The van der Waals surface area contributed by atoms with Gasteiger partial charge >= 0.3 is 5.97 Å². The van der Waals surface area contributed by atoms with Gasteiger partial charge < -0.3 is 19.4 Å². The summed E-state index contributed by atoms with van der Waals surface area (Å²) in [6.45, 7) is 1.94. The highest BCUT2D eigenvalue weighted by atomic mass is 16.5. The summed E-state index contributed by atoms with van der Waals surface area (Å²) in [6.07, 6.45) is 0.0225. The number of hydrogen-bond acceptors (Lipinski definition) is 7. The van der Waals surface area contributed by atoms with Crippen LogP contribution in [0.1, 0.15) is 34.2 Å². The lowest BCUT2D eigenvalue weighted by atomic mass is 10.1. The minimum absolute atomic E-state index is 0.0225. The highest BCUT2D eigenvalue weighted by Crippen LogP contribution is 2.21. The number of carbonyl (C=O) groups is 2. The van der Waals surface area contributed by atoms with Crippen LogP contribution in [0.5, 0.6) is 11.5 Å². The Morgan fingerprint density at radius 3 is 2.37 bits per heavy atom. The summed E-state index contributed by atoms with van der Waals surface area (Å²) in [5, 5.41) is 13.4. The van der Waals surface area contributed by atoms with Crippen molar-refractivity contribution >= 4 is 22.8 Å². The molecule has 0 aliphatic rings. The number of ketones is 1. The summed E-state index contributed by atoms with van der Waals surface area (Å²) in [4.78, 5) is 30.3. The SMILES string of the molecule is CCOc1ccc2nc(COC(=O)Cc3ccc(OC)cc3)c(C(=O)c3ccccc3)[n+]([O-])c2c1. The molecule has 0 aliphatic heterocycles. The summed E-state index contributed by atoms with van der Waals surface area (Å²) in [6, 6.07) is 20.3. The lowest BCUT2D eigenvalue weighted by molar-refractivity contribution is -0.580. The maximum absolute atomic E-state index is 13.4. The smallest absolute Gasteiger partial charge is 0.310 e. The zero-order valence-electron chi connectivity index (χ0n) is 19.4. The Morgan fingerprint density at radius 1 is 0.971 bits per heavy atom. The Labute approximate surface area is 202 Å². The number of hydrogen-bond donors (Lipinski definition) is 0. The van der Waals surface area contributed by atoms with Crippen molar-refractivity contribution in [3.63, 3.8) is 0 Å². The molecule has 0 aliphatic carbocycles. The van der Waals surface area contributed by atoms with Crippen LogP contribution in [0.3, 0.4) is 0 Å². The van der Waals surface area contributed by atoms with Crippen LogP contribution in [0.25, 0.3) is 11.0 Å². The summed E-state index contributed by atoms with van der Waals surface area (Å²) < 4.78 is 16.6. The van der Waals surface area contributed by atoms with Crippen molar-refractivity contribution in [2.24, 2.45) is 0 Å². The second-order valence-corrected chi connectivity index (χ2v) is 7.67. The highest BCUT2D eigenvalue weighted by Gasteiger charge is 2.28. The third-order valence-corrected chi connectivity index (χ3v) is 5.34. The van der Waals surface area contributed by atoms with Crippen LogP contribution in [-0.4, -0.2) is 30.5 Å². The molecule has 0 bridgehead atoms. The van der Waals surface area contributed by atoms with Gasteiger partial charge in [0.15, 0.2) is 5.69 Å². The number of esters is 1. The number of carbonyl (C=O) groups excluding carboxylic acids is 2. The van der Waals surface area contributed by atoms with Crippen LogP contribution in [0.2, 0.25) is 0 Å². The number of aromatic nitrogens is 2. The molecule has 35 heavy (non-hydrogen) atoms. The number of rotatable bonds is 9. The summed E-state index contributed by atoms with van der Waals surface area (Å²) in [7, 11) is 1.56. The normalized spacial score (nSPS) is 10.7. The molecule has 0 N–H and O–H groups in total. The first-order valence-electron chi connectivity index (χ1n) is 11.1. The van der Waals surface area contributed by atoms with Crippen molar-refractivity contribution in [2.75, 3.05) is 13.7 Å². The molecule has 4 rings (SSSR count). The average Bonchev–Trinajstić information content (AvgIpc) is 2.88. The van der Waals surface area contributed by atoms with Crippen molar-refractivity contribution in [3.8, 4) is 11.5 Å². The molecule has 0 atom stereocenters. The zero-order valence-corrected chi connectivity index (χ0v) is 19.4. The van der Waals surface area contributed by atoms with E-state index in [2.05, 4.69) is 4.98 Å². The lowest BCUT2D eigenvalue weighted by Gasteiger charge is -2.13. The number of methoxy groups -OCH3 is 1. The molecule has 0 fully saturated rings. The second kappa shape index (κ2) is 10.6. The van der Waals surface area contributed by atoms with Crippen molar-refractivity contribution in [3.05, 3.63) is 101 Å².